The second-order valence-electron chi connectivity index (χ2n) is 14.9. The van der Waals surface area contributed by atoms with Crippen LogP contribution in [0.5, 0.6) is 0 Å². The Labute approximate surface area is 254 Å². The molecule has 4 aromatic rings. The van der Waals surface area contributed by atoms with E-state index in [4.69, 9.17) is 0 Å². The molecule has 0 radical (unpaired) electrons. The molecule has 0 saturated carbocycles. The monoisotopic (exact) mass is 552 g/mol. The van der Waals surface area contributed by atoms with E-state index in [1.807, 2.05) is 0 Å². The Morgan fingerprint density at radius 3 is 2.14 bits per heavy atom. The first-order chi connectivity index (χ1) is 20.0. The van der Waals surface area contributed by atoms with Crippen molar-refractivity contribution in [1.29, 1.82) is 0 Å². The molecule has 0 nitrogen and oxygen atoms in total. The summed E-state index contributed by atoms with van der Waals surface area (Å²) in [6.07, 6.45) is 9.76. The van der Waals surface area contributed by atoms with Gasteiger partial charge >= 0.3 is 0 Å². The number of unbranched alkanes of at least 4 members (excludes halogenated alkanes) is 1. The molecule has 0 amide bonds. The molecule has 42 heavy (non-hydrogen) atoms. The maximum absolute atomic E-state index is 2.56. The molecule has 216 valence electrons. The van der Waals surface area contributed by atoms with Crippen molar-refractivity contribution >= 4 is 16.3 Å². The molecule has 0 aromatic heterocycles. The molecule has 0 fully saturated rings. The number of hydrogen-bond acceptors (Lipinski definition) is 0. The van der Waals surface area contributed by atoms with Crippen molar-refractivity contribution in [3.8, 4) is 11.1 Å². The molecule has 4 aromatic carbocycles. The van der Waals surface area contributed by atoms with E-state index in [0.29, 0.717) is 11.8 Å². The smallest absolute Gasteiger partial charge is 0.0148 e. The summed E-state index contributed by atoms with van der Waals surface area (Å²) < 4.78 is 0. The normalized spacial score (nSPS) is 18.2. The Bertz CT molecular complexity index is 1700. The largest absolute Gasteiger partial charge is 0.0740 e. The number of rotatable bonds is 6. The van der Waals surface area contributed by atoms with Crippen molar-refractivity contribution in [1.82, 2.24) is 0 Å². The molecule has 2 atom stereocenters. The van der Waals surface area contributed by atoms with Crippen LogP contribution in [0, 0.1) is 5.92 Å². The molecule has 0 spiro atoms. The lowest BCUT2D eigenvalue weighted by Gasteiger charge is -2.26. The predicted octanol–water partition coefficient (Wildman–Crippen LogP) is 11.9. The van der Waals surface area contributed by atoms with Crippen LogP contribution < -0.4 is 0 Å². The summed E-state index contributed by atoms with van der Waals surface area (Å²) >= 11 is 0. The van der Waals surface area contributed by atoms with Gasteiger partial charge in [-0.15, -0.1) is 0 Å². The van der Waals surface area contributed by atoms with E-state index in [9.17, 15) is 0 Å². The standard InChI is InChI=1S/C42H48/c1-9-10-14-28-21-27(2)35(22-28)38-25-32(42(6,7)8)26-39-36-24-31(41(3,4)5)19-20-34(36)37(40(38)39)23-30-17-13-16-29-15-11-12-18-33(29)30/h11-13,15-22,24-27,37H,9-10,14,23H2,1-8H3. The summed E-state index contributed by atoms with van der Waals surface area (Å²) in [7, 11) is 0. The topological polar surface area (TPSA) is 0 Å². The van der Waals surface area contributed by atoms with Gasteiger partial charge in [0.15, 0.2) is 0 Å². The molecule has 0 saturated heterocycles. The van der Waals surface area contributed by atoms with E-state index in [-0.39, 0.29) is 10.8 Å². The SMILES string of the molecule is CCCCC1=CC(C)C(c2cc(C(C)(C)C)cc3c2C(Cc2cccc4ccccc24)c2ccc(C(C)(C)C)cc2-3)=C1. The fourth-order valence-electron chi connectivity index (χ4n) is 7.19. The van der Waals surface area contributed by atoms with Gasteiger partial charge in [-0.3, -0.25) is 0 Å². The van der Waals surface area contributed by atoms with Gasteiger partial charge in [-0.25, -0.2) is 0 Å². The summed E-state index contributed by atoms with van der Waals surface area (Å²) in [5, 5.41) is 2.71. The molecule has 2 unspecified atom stereocenters. The lowest BCUT2D eigenvalue weighted by molar-refractivity contribution is 0.589. The highest BCUT2D eigenvalue weighted by Gasteiger charge is 2.36. The average Bonchev–Trinajstić information content (AvgIpc) is 3.47. The Hall–Kier alpha value is -3.38. The first kappa shape index (κ1) is 28.7. The third-order valence-corrected chi connectivity index (χ3v) is 9.71. The van der Waals surface area contributed by atoms with Gasteiger partial charge < -0.3 is 0 Å². The lowest BCUT2D eigenvalue weighted by Crippen LogP contribution is -2.14. The van der Waals surface area contributed by atoms with Crippen LogP contribution in [0.2, 0.25) is 0 Å². The first-order valence-corrected chi connectivity index (χ1v) is 16.2. The van der Waals surface area contributed by atoms with E-state index in [0.717, 1.165) is 6.42 Å². The van der Waals surface area contributed by atoms with Crippen molar-refractivity contribution in [2.45, 2.75) is 97.8 Å². The number of fused-ring (bicyclic) bond motifs is 4. The molecule has 2 aliphatic carbocycles. The second-order valence-corrected chi connectivity index (χ2v) is 14.9. The third kappa shape index (κ3) is 5.19. The quantitative estimate of drug-likeness (QED) is 0.223. The van der Waals surface area contributed by atoms with Crippen LogP contribution in [-0.4, -0.2) is 0 Å². The van der Waals surface area contributed by atoms with E-state index >= 15 is 0 Å². The van der Waals surface area contributed by atoms with E-state index in [1.165, 1.54) is 80.1 Å². The third-order valence-electron chi connectivity index (χ3n) is 9.71. The summed E-state index contributed by atoms with van der Waals surface area (Å²) in [5.74, 6) is 0.759. The minimum absolute atomic E-state index is 0.0696. The van der Waals surface area contributed by atoms with Crippen molar-refractivity contribution < 1.29 is 0 Å². The van der Waals surface area contributed by atoms with Gasteiger partial charge in [0.05, 0.1) is 0 Å². The minimum atomic E-state index is 0.0696. The van der Waals surface area contributed by atoms with Gasteiger partial charge in [-0.2, -0.15) is 0 Å². The van der Waals surface area contributed by atoms with E-state index in [2.05, 4.69) is 140 Å². The fraction of sp³-hybridized carbons (Fsp3) is 0.381. The van der Waals surface area contributed by atoms with E-state index in [1.54, 1.807) is 5.56 Å². The molecule has 0 heteroatoms. The Morgan fingerprint density at radius 1 is 0.714 bits per heavy atom. The van der Waals surface area contributed by atoms with Crippen molar-refractivity contribution in [2.24, 2.45) is 5.92 Å². The zero-order chi connectivity index (χ0) is 29.8. The predicted molar refractivity (Wildman–Crippen MR) is 184 cm³/mol. The van der Waals surface area contributed by atoms with Gasteiger partial charge in [-0.05, 0) is 90.9 Å². The fourth-order valence-corrected chi connectivity index (χ4v) is 7.19. The van der Waals surface area contributed by atoms with E-state index < -0.39 is 0 Å². The first-order valence-electron chi connectivity index (χ1n) is 16.2. The van der Waals surface area contributed by atoms with Crippen LogP contribution in [0.15, 0.2) is 90.5 Å². The Kier molecular flexibility index (Phi) is 7.33. The minimum Gasteiger partial charge on any atom is -0.0740 e. The van der Waals surface area contributed by atoms with Crippen LogP contribution in [0.25, 0.3) is 27.5 Å². The number of hydrogen-bond donors (Lipinski definition) is 0. The number of benzene rings is 4. The van der Waals surface area contributed by atoms with Crippen LogP contribution in [-0.2, 0) is 17.3 Å². The van der Waals surface area contributed by atoms with Crippen LogP contribution >= 0.6 is 0 Å². The van der Waals surface area contributed by atoms with Crippen molar-refractivity contribution in [3.05, 3.63) is 124 Å². The van der Waals surface area contributed by atoms with Crippen LogP contribution in [0.3, 0.4) is 0 Å². The van der Waals surface area contributed by atoms with Gasteiger partial charge in [0.1, 0.15) is 0 Å². The Balaban J connectivity index is 1.60. The molecule has 0 heterocycles. The second kappa shape index (κ2) is 10.7. The molecular formula is C42H48. The van der Waals surface area contributed by atoms with Crippen molar-refractivity contribution in [2.75, 3.05) is 0 Å². The average molecular weight is 553 g/mol. The highest BCUT2D eigenvalue weighted by atomic mass is 14.4. The maximum Gasteiger partial charge on any atom is 0.0148 e. The molecular weight excluding hydrogens is 504 g/mol. The lowest BCUT2D eigenvalue weighted by atomic mass is 9.78. The van der Waals surface area contributed by atoms with Crippen molar-refractivity contribution in [3.63, 3.8) is 0 Å². The summed E-state index contributed by atoms with van der Waals surface area (Å²) in [6.45, 7) is 18.8. The summed E-state index contributed by atoms with van der Waals surface area (Å²) in [4.78, 5) is 0. The Morgan fingerprint density at radius 2 is 1.40 bits per heavy atom. The summed E-state index contributed by atoms with van der Waals surface area (Å²) in [5.41, 5.74) is 14.9. The van der Waals surface area contributed by atoms with Gasteiger partial charge in [0, 0.05) is 11.8 Å². The molecule has 0 N–H and O–H groups in total. The highest BCUT2D eigenvalue weighted by molar-refractivity contribution is 5.90. The number of allylic oxidation sites excluding steroid dienone is 4. The highest BCUT2D eigenvalue weighted by Crippen LogP contribution is 2.53. The molecule has 0 bridgehead atoms. The molecule has 2 aliphatic rings. The molecule has 0 aliphatic heterocycles. The van der Waals surface area contributed by atoms with Crippen LogP contribution in [0.1, 0.15) is 114 Å². The zero-order valence-corrected chi connectivity index (χ0v) is 27.1. The van der Waals surface area contributed by atoms with Gasteiger partial charge in [0.25, 0.3) is 0 Å². The maximum atomic E-state index is 2.56. The zero-order valence-electron chi connectivity index (χ0n) is 27.1. The molecule has 6 rings (SSSR count). The summed E-state index contributed by atoms with van der Waals surface area (Å²) in [6, 6.07) is 28.2. The van der Waals surface area contributed by atoms with Gasteiger partial charge in [0.2, 0.25) is 0 Å². The van der Waals surface area contributed by atoms with Gasteiger partial charge in [-0.1, -0.05) is 152 Å². The van der Waals surface area contributed by atoms with Crippen LogP contribution in [0.4, 0.5) is 0 Å².